The molecule has 2 aromatic carbocycles. The van der Waals surface area contributed by atoms with Crippen molar-refractivity contribution in [3.63, 3.8) is 0 Å². The van der Waals surface area contributed by atoms with E-state index in [-0.39, 0.29) is 24.3 Å². The van der Waals surface area contributed by atoms with Gasteiger partial charge in [0.1, 0.15) is 11.6 Å². The lowest BCUT2D eigenvalue weighted by Gasteiger charge is -2.46. The first-order valence-electron chi connectivity index (χ1n) is 12.6. The minimum absolute atomic E-state index is 0.0671. The van der Waals surface area contributed by atoms with Gasteiger partial charge in [-0.1, -0.05) is 63.2 Å². The largest absolute Gasteiger partial charge is 0.475 e. The third-order valence-corrected chi connectivity index (χ3v) is 8.52. The van der Waals surface area contributed by atoms with Crippen LogP contribution in [0, 0.1) is 12.8 Å². The van der Waals surface area contributed by atoms with Gasteiger partial charge in [0, 0.05) is 6.54 Å². The van der Waals surface area contributed by atoms with Crippen LogP contribution in [-0.4, -0.2) is 60.3 Å². The number of sulfonamides is 1. The molecule has 1 saturated heterocycles. The monoisotopic (exact) mass is 529 g/mol. The Bertz CT molecular complexity index is 1210. The number of carbonyl (C=O) groups excluding carboxylic acids is 2. The second kappa shape index (κ2) is 11.8. The number of likely N-dealkylation sites (tertiary alicyclic amines) is 1. The summed E-state index contributed by atoms with van der Waals surface area (Å²) in [6, 6.07) is 14.1. The maximum Gasteiger partial charge on any atom is 0.475 e. The molecule has 0 saturated carbocycles. The molecular formula is C26H36BN3O6S. The molecular weight excluding hydrogens is 493 g/mol. The van der Waals surface area contributed by atoms with E-state index < -0.39 is 52.4 Å². The number of rotatable bonds is 10. The minimum Gasteiger partial charge on any atom is -0.426 e. The van der Waals surface area contributed by atoms with Crippen molar-refractivity contribution in [2.24, 2.45) is 5.92 Å². The Balaban J connectivity index is 2.03. The smallest absolute Gasteiger partial charge is 0.426 e. The van der Waals surface area contributed by atoms with Crippen LogP contribution in [0.25, 0.3) is 0 Å². The first-order chi connectivity index (χ1) is 17.4. The van der Waals surface area contributed by atoms with Crippen molar-refractivity contribution in [2.45, 2.75) is 69.4 Å². The quantitative estimate of drug-likeness (QED) is 0.348. The van der Waals surface area contributed by atoms with Crippen LogP contribution in [-0.2, 0) is 19.6 Å². The fourth-order valence-corrected chi connectivity index (χ4v) is 6.45. The van der Waals surface area contributed by atoms with E-state index >= 15 is 0 Å². The van der Waals surface area contributed by atoms with Crippen molar-refractivity contribution in [3.8, 4) is 0 Å². The van der Waals surface area contributed by atoms with E-state index in [4.69, 9.17) is 0 Å². The third-order valence-electron chi connectivity index (χ3n) is 7.02. The number of carbonyl (C=O) groups is 2. The first kappa shape index (κ1) is 28.8. The van der Waals surface area contributed by atoms with Gasteiger partial charge in [-0.05, 0) is 55.4 Å². The predicted molar refractivity (Wildman–Crippen MR) is 142 cm³/mol. The summed E-state index contributed by atoms with van der Waals surface area (Å²) >= 11 is 0. The molecule has 3 unspecified atom stereocenters. The number of aryl methyl sites for hydroxylation is 1. The summed E-state index contributed by atoms with van der Waals surface area (Å²) in [5.41, 5.74) is -0.151. The number of amides is 2. The average Bonchev–Trinajstić information content (AvgIpc) is 2.85. The number of piperidine rings is 1. The second-order valence-corrected chi connectivity index (χ2v) is 11.6. The van der Waals surface area contributed by atoms with Crippen molar-refractivity contribution in [1.82, 2.24) is 14.9 Å². The SMILES string of the molecule is CCC(NC(=O)C(c1ccccc1)N1CCCC(NS(=O)(=O)c2cccc(C)c2)(C(C)C)C1=O)B(O)O. The van der Waals surface area contributed by atoms with Crippen LogP contribution in [0.15, 0.2) is 59.5 Å². The topological polar surface area (TPSA) is 136 Å². The molecule has 0 spiro atoms. The summed E-state index contributed by atoms with van der Waals surface area (Å²) in [4.78, 5) is 29.2. The van der Waals surface area contributed by atoms with Gasteiger partial charge in [0.25, 0.3) is 0 Å². The molecule has 1 aliphatic heterocycles. The van der Waals surface area contributed by atoms with Crippen LogP contribution in [0.1, 0.15) is 57.2 Å². The Morgan fingerprint density at radius 1 is 1.14 bits per heavy atom. The van der Waals surface area contributed by atoms with Gasteiger partial charge in [-0.15, -0.1) is 0 Å². The number of hydrogen-bond donors (Lipinski definition) is 4. The zero-order valence-electron chi connectivity index (χ0n) is 21.7. The van der Waals surface area contributed by atoms with Gasteiger partial charge in [-0.2, -0.15) is 4.72 Å². The Morgan fingerprint density at radius 2 is 1.81 bits per heavy atom. The lowest BCUT2D eigenvalue weighted by Crippen LogP contribution is -2.66. The number of hydrogen-bond acceptors (Lipinski definition) is 6. The van der Waals surface area contributed by atoms with Crippen LogP contribution in [0.2, 0.25) is 0 Å². The summed E-state index contributed by atoms with van der Waals surface area (Å²) in [5.74, 6) is -2.40. The van der Waals surface area contributed by atoms with Gasteiger partial charge in [-0.3, -0.25) is 9.59 Å². The summed E-state index contributed by atoms with van der Waals surface area (Å²) in [7, 11) is -5.82. The number of nitrogens with zero attached hydrogens (tertiary/aromatic N) is 1. The highest BCUT2D eigenvalue weighted by Gasteiger charge is 2.51. The van der Waals surface area contributed by atoms with Crippen LogP contribution >= 0.6 is 0 Å². The molecule has 1 heterocycles. The molecule has 37 heavy (non-hydrogen) atoms. The van der Waals surface area contributed by atoms with Crippen molar-refractivity contribution in [3.05, 3.63) is 65.7 Å². The Labute approximate surface area is 219 Å². The standard InChI is InChI=1S/C26H36BN3O6S/c1-5-22(27(33)34)28-24(31)23(20-12-7-6-8-13-20)30-16-10-15-26(18(2)3,25(30)32)29-37(35,36)21-14-9-11-19(4)17-21/h6-9,11-14,17-18,22-23,29,33-34H,5,10,15-16H2,1-4H3,(H,28,31). The van der Waals surface area contributed by atoms with Gasteiger partial charge in [-0.25, -0.2) is 8.42 Å². The molecule has 200 valence electrons. The molecule has 3 atom stereocenters. The summed E-state index contributed by atoms with van der Waals surface area (Å²) < 4.78 is 29.6. The molecule has 0 aliphatic carbocycles. The van der Waals surface area contributed by atoms with Gasteiger partial charge in [0.05, 0.1) is 10.8 Å². The van der Waals surface area contributed by atoms with E-state index in [9.17, 15) is 28.1 Å². The molecule has 1 aliphatic rings. The molecule has 0 aromatic heterocycles. The number of benzene rings is 2. The highest BCUT2D eigenvalue weighted by molar-refractivity contribution is 7.89. The first-order valence-corrected chi connectivity index (χ1v) is 14.0. The van der Waals surface area contributed by atoms with E-state index in [2.05, 4.69) is 10.0 Å². The lowest BCUT2D eigenvalue weighted by atomic mass is 9.77. The maximum atomic E-state index is 14.2. The average molecular weight is 529 g/mol. The summed E-state index contributed by atoms with van der Waals surface area (Å²) in [6.45, 7) is 7.31. The molecule has 9 nitrogen and oxygen atoms in total. The van der Waals surface area contributed by atoms with Crippen molar-refractivity contribution < 1.29 is 28.1 Å². The molecule has 2 aromatic rings. The highest BCUT2D eigenvalue weighted by atomic mass is 32.2. The summed E-state index contributed by atoms with van der Waals surface area (Å²) in [6.07, 6.45) is 1.02. The molecule has 0 radical (unpaired) electrons. The van der Waals surface area contributed by atoms with Gasteiger partial charge >= 0.3 is 7.12 Å². The van der Waals surface area contributed by atoms with Crippen molar-refractivity contribution in [2.75, 3.05) is 6.54 Å². The van der Waals surface area contributed by atoms with E-state index in [1.807, 2.05) is 0 Å². The molecule has 2 amide bonds. The zero-order chi connectivity index (χ0) is 27.4. The summed E-state index contributed by atoms with van der Waals surface area (Å²) in [5, 5.41) is 22.0. The highest BCUT2D eigenvalue weighted by Crippen LogP contribution is 2.36. The Kier molecular flexibility index (Phi) is 9.17. The predicted octanol–water partition coefficient (Wildman–Crippen LogP) is 1.94. The molecule has 4 N–H and O–H groups in total. The number of nitrogens with one attached hydrogen (secondary N) is 2. The fourth-order valence-electron chi connectivity index (χ4n) is 4.83. The fraction of sp³-hybridized carbons (Fsp3) is 0.462. The van der Waals surface area contributed by atoms with E-state index in [1.54, 1.807) is 76.2 Å². The Morgan fingerprint density at radius 3 is 2.38 bits per heavy atom. The van der Waals surface area contributed by atoms with Gasteiger partial charge in [0.15, 0.2) is 0 Å². The van der Waals surface area contributed by atoms with Crippen LogP contribution in [0.5, 0.6) is 0 Å². The van der Waals surface area contributed by atoms with Crippen molar-refractivity contribution in [1.29, 1.82) is 0 Å². The molecule has 11 heteroatoms. The van der Waals surface area contributed by atoms with Gasteiger partial charge in [0.2, 0.25) is 21.8 Å². The van der Waals surface area contributed by atoms with E-state index in [1.165, 1.54) is 11.0 Å². The minimum atomic E-state index is -4.05. The van der Waals surface area contributed by atoms with Gasteiger partial charge < -0.3 is 20.3 Å². The Hall–Kier alpha value is -2.73. The molecule has 3 rings (SSSR count). The van der Waals surface area contributed by atoms with Crippen LogP contribution in [0.3, 0.4) is 0 Å². The molecule has 1 fully saturated rings. The second-order valence-electron chi connectivity index (χ2n) is 9.90. The molecule has 0 bridgehead atoms. The van der Waals surface area contributed by atoms with Crippen LogP contribution < -0.4 is 10.0 Å². The zero-order valence-corrected chi connectivity index (χ0v) is 22.5. The normalized spacial score (nSPS) is 20.0. The van der Waals surface area contributed by atoms with E-state index in [0.717, 1.165) is 5.56 Å². The maximum absolute atomic E-state index is 14.2. The van der Waals surface area contributed by atoms with Crippen molar-refractivity contribution >= 4 is 29.0 Å². The van der Waals surface area contributed by atoms with E-state index in [0.29, 0.717) is 12.0 Å². The van der Waals surface area contributed by atoms with Crippen LogP contribution in [0.4, 0.5) is 0 Å². The third kappa shape index (κ3) is 6.23. The lowest BCUT2D eigenvalue weighted by molar-refractivity contribution is -0.150.